The Bertz CT molecular complexity index is 488. The van der Waals surface area contributed by atoms with Crippen molar-refractivity contribution in [2.45, 2.75) is 0 Å². The van der Waals surface area contributed by atoms with Gasteiger partial charge in [0.2, 0.25) is 0 Å². The van der Waals surface area contributed by atoms with Gasteiger partial charge in [0.1, 0.15) is 0 Å². The van der Waals surface area contributed by atoms with Gasteiger partial charge in [-0.25, -0.2) is 19.6 Å². The van der Waals surface area contributed by atoms with Crippen LogP contribution in [0.3, 0.4) is 0 Å². The minimum atomic E-state index is -1.22. The fraction of sp³-hybridized carbons (Fsp3) is 0.400. The van der Waals surface area contributed by atoms with Gasteiger partial charge in [-0.3, -0.25) is 0 Å². The van der Waals surface area contributed by atoms with E-state index in [1.54, 1.807) is 16.7 Å². The van der Waals surface area contributed by atoms with Crippen LogP contribution in [0.5, 0.6) is 0 Å². The SMILES string of the molecule is O=C(O)c1cnc(C(=O)O)c(N2CCSCC2)n1. The summed E-state index contributed by atoms with van der Waals surface area (Å²) in [4.78, 5) is 31.2. The average Bonchev–Trinajstić information content (AvgIpc) is 2.39. The monoisotopic (exact) mass is 269 g/mol. The van der Waals surface area contributed by atoms with Crippen molar-refractivity contribution in [3.63, 3.8) is 0 Å². The minimum Gasteiger partial charge on any atom is -0.476 e. The summed E-state index contributed by atoms with van der Waals surface area (Å²) in [7, 11) is 0. The fourth-order valence-electron chi connectivity index (χ4n) is 1.63. The zero-order valence-electron chi connectivity index (χ0n) is 9.37. The van der Waals surface area contributed by atoms with Crippen molar-refractivity contribution in [3.8, 4) is 0 Å². The number of hydrogen-bond acceptors (Lipinski definition) is 6. The highest BCUT2D eigenvalue weighted by Crippen LogP contribution is 2.20. The number of carboxylic acids is 2. The molecule has 0 unspecified atom stereocenters. The van der Waals surface area contributed by atoms with Crippen molar-refractivity contribution in [2.75, 3.05) is 29.5 Å². The van der Waals surface area contributed by atoms with E-state index in [4.69, 9.17) is 10.2 Å². The first-order valence-corrected chi connectivity index (χ1v) is 6.41. The molecule has 1 aromatic heterocycles. The summed E-state index contributed by atoms with van der Waals surface area (Å²) < 4.78 is 0. The summed E-state index contributed by atoms with van der Waals surface area (Å²) in [5, 5.41) is 17.9. The number of aromatic nitrogens is 2. The molecule has 1 saturated heterocycles. The predicted octanol–water partition coefficient (Wildman–Crippen LogP) is 0.426. The first-order chi connectivity index (χ1) is 8.59. The third-order valence-electron chi connectivity index (χ3n) is 2.49. The van der Waals surface area contributed by atoms with Gasteiger partial charge >= 0.3 is 11.9 Å². The van der Waals surface area contributed by atoms with Crippen LogP contribution in [0.15, 0.2) is 6.20 Å². The standard InChI is InChI=1S/C10H11N3O4S/c14-9(15)6-5-11-7(10(16)17)8(12-6)13-1-3-18-4-2-13/h5H,1-4H2,(H,14,15)(H,16,17). The zero-order chi connectivity index (χ0) is 13.1. The molecule has 1 fully saturated rings. The normalized spacial score (nSPS) is 15.4. The van der Waals surface area contributed by atoms with Crippen LogP contribution < -0.4 is 4.90 Å². The molecule has 18 heavy (non-hydrogen) atoms. The number of nitrogens with zero attached hydrogens (tertiary/aromatic N) is 3. The lowest BCUT2D eigenvalue weighted by atomic mass is 10.3. The third-order valence-corrected chi connectivity index (χ3v) is 3.43. The molecule has 2 rings (SSSR count). The van der Waals surface area contributed by atoms with E-state index in [9.17, 15) is 9.59 Å². The topological polar surface area (TPSA) is 104 Å². The number of rotatable bonds is 3. The van der Waals surface area contributed by atoms with E-state index < -0.39 is 11.9 Å². The van der Waals surface area contributed by atoms with Crippen LogP contribution >= 0.6 is 11.8 Å². The summed E-state index contributed by atoms with van der Waals surface area (Å²) in [6.45, 7) is 1.28. The third kappa shape index (κ3) is 2.53. The maximum Gasteiger partial charge on any atom is 0.358 e. The van der Waals surface area contributed by atoms with Crippen LogP contribution in [0.1, 0.15) is 21.0 Å². The first kappa shape index (κ1) is 12.6. The number of carbonyl (C=O) groups is 2. The smallest absolute Gasteiger partial charge is 0.358 e. The highest BCUT2D eigenvalue weighted by molar-refractivity contribution is 7.99. The Morgan fingerprint density at radius 2 is 1.89 bits per heavy atom. The van der Waals surface area contributed by atoms with Crippen molar-refractivity contribution in [3.05, 3.63) is 17.6 Å². The molecule has 0 amide bonds. The molecule has 2 N–H and O–H groups in total. The number of anilines is 1. The first-order valence-electron chi connectivity index (χ1n) is 5.26. The number of hydrogen-bond donors (Lipinski definition) is 2. The van der Waals surface area contributed by atoms with Crippen LogP contribution in [0.2, 0.25) is 0 Å². The second kappa shape index (κ2) is 5.21. The molecule has 0 bridgehead atoms. The van der Waals surface area contributed by atoms with Gasteiger partial charge in [0.25, 0.3) is 0 Å². The Balaban J connectivity index is 2.42. The van der Waals surface area contributed by atoms with Crippen LogP contribution in [0, 0.1) is 0 Å². The second-order valence-corrected chi connectivity index (χ2v) is 4.86. The van der Waals surface area contributed by atoms with Crippen molar-refractivity contribution in [1.29, 1.82) is 0 Å². The molecule has 8 heteroatoms. The largest absolute Gasteiger partial charge is 0.476 e. The van der Waals surface area contributed by atoms with E-state index in [1.807, 2.05) is 0 Å². The Morgan fingerprint density at radius 1 is 1.22 bits per heavy atom. The molecule has 0 aliphatic carbocycles. The Hall–Kier alpha value is -1.83. The van der Waals surface area contributed by atoms with E-state index in [-0.39, 0.29) is 17.2 Å². The van der Waals surface area contributed by atoms with Crippen molar-refractivity contribution < 1.29 is 19.8 Å². The molecule has 7 nitrogen and oxygen atoms in total. The summed E-state index contributed by atoms with van der Waals surface area (Å²) in [5.41, 5.74) is -0.444. The maximum atomic E-state index is 11.1. The van der Waals surface area contributed by atoms with Gasteiger partial charge in [0.15, 0.2) is 17.2 Å². The zero-order valence-corrected chi connectivity index (χ0v) is 10.2. The Morgan fingerprint density at radius 3 is 2.44 bits per heavy atom. The Labute approximate surface area is 107 Å². The van der Waals surface area contributed by atoms with E-state index in [0.29, 0.717) is 13.1 Å². The molecule has 2 heterocycles. The lowest BCUT2D eigenvalue weighted by molar-refractivity contribution is 0.0671. The summed E-state index contributed by atoms with van der Waals surface area (Å²) >= 11 is 1.76. The number of thioether (sulfide) groups is 1. The fourth-order valence-corrected chi connectivity index (χ4v) is 2.53. The van der Waals surface area contributed by atoms with E-state index in [0.717, 1.165) is 17.7 Å². The van der Waals surface area contributed by atoms with Crippen LogP contribution in [-0.2, 0) is 0 Å². The minimum absolute atomic E-state index is 0.141. The van der Waals surface area contributed by atoms with Gasteiger partial charge in [-0.15, -0.1) is 0 Å². The quantitative estimate of drug-likeness (QED) is 0.814. The summed E-state index contributed by atoms with van der Waals surface area (Å²) in [5.74, 6) is -0.557. The molecule has 0 spiro atoms. The van der Waals surface area contributed by atoms with Gasteiger partial charge in [-0.1, -0.05) is 0 Å². The summed E-state index contributed by atoms with van der Waals surface area (Å²) in [6.07, 6.45) is 0.966. The summed E-state index contributed by atoms with van der Waals surface area (Å²) in [6, 6.07) is 0. The van der Waals surface area contributed by atoms with Crippen molar-refractivity contribution in [1.82, 2.24) is 9.97 Å². The van der Waals surface area contributed by atoms with Gasteiger partial charge in [0, 0.05) is 24.6 Å². The van der Waals surface area contributed by atoms with Crippen molar-refractivity contribution in [2.24, 2.45) is 0 Å². The van der Waals surface area contributed by atoms with Crippen LogP contribution in [-0.4, -0.2) is 56.7 Å². The van der Waals surface area contributed by atoms with Gasteiger partial charge in [-0.05, 0) is 0 Å². The molecule has 0 saturated carbocycles. The molecule has 0 aromatic carbocycles. The molecular formula is C10H11N3O4S. The van der Waals surface area contributed by atoms with Gasteiger partial charge < -0.3 is 15.1 Å². The van der Waals surface area contributed by atoms with Crippen LogP contribution in [0.4, 0.5) is 5.82 Å². The van der Waals surface area contributed by atoms with E-state index >= 15 is 0 Å². The number of aromatic carboxylic acids is 2. The lowest BCUT2D eigenvalue weighted by Crippen LogP contribution is -2.35. The predicted molar refractivity (Wildman–Crippen MR) is 65.5 cm³/mol. The molecule has 0 radical (unpaired) electrons. The number of carboxylic acid groups (broad SMARTS) is 2. The highest BCUT2D eigenvalue weighted by Gasteiger charge is 2.23. The second-order valence-electron chi connectivity index (χ2n) is 3.64. The van der Waals surface area contributed by atoms with Crippen LogP contribution in [0.25, 0.3) is 0 Å². The van der Waals surface area contributed by atoms with Gasteiger partial charge in [-0.2, -0.15) is 11.8 Å². The van der Waals surface area contributed by atoms with E-state index in [1.165, 1.54) is 0 Å². The highest BCUT2D eigenvalue weighted by atomic mass is 32.2. The Kier molecular flexibility index (Phi) is 3.66. The molecule has 1 aliphatic heterocycles. The molecule has 96 valence electrons. The lowest BCUT2D eigenvalue weighted by Gasteiger charge is -2.28. The van der Waals surface area contributed by atoms with Crippen molar-refractivity contribution >= 4 is 29.5 Å². The molecule has 0 atom stereocenters. The van der Waals surface area contributed by atoms with E-state index in [2.05, 4.69) is 9.97 Å². The average molecular weight is 269 g/mol. The maximum absolute atomic E-state index is 11.1. The molecule has 1 aliphatic rings. The van der Waals surface area contributed by atoms with Gasteiger partial charge in [0.05, 0.1) is 6.20 Å². The molecule has 1 aromatic rings. The molecular weight excluding hydrogens is 258 g/mol.